The van der Waals surface area contributed by atoms with Crippen molar-refractivity contribution < 1.29 is 0 Å². The summed E-state index contributed by atoms with van der Waals surface area (Å²) < 4.78 is 3.71. The zero-order valence-corrected chi connectivity index (χ0v) is 22.8. The SMILES string of the molecule is N#CCC1(n2cc(-c3ncnc4[nH]ccc34)cn2)CN(C2CCN(Cc3cc(Br)nc(Br)c3)CC2)C1. The summed E-state index contributed by atoms with van der Waals surface area (Å²) in [5.41, 5.74) is 3.58. The van der Waals surface area contributed by atoms with Crippen molar-refractivity contribution in [2.24, 2.45) is 0 Å². The second-order valence-electron chi connectivity index (χ2n) is 9.73. The lowest BCUT2D eigenvalue weighted by Gasteiger charge is -2.53. The summed E-state index contributed by atoms with van der Waals surface area (Å²) in [6.45, 7) is 4.75. The molecule has 184 valence electrons. The highest BCUT2D eigenvalue weighted by Crippen LogP contribution is 2.37. The maximum Gasteiger partial charge on any atom is 0.141 e. The Morgan fingerprint density at radius 2 is 1.92 bits per heavy atom. The van der Waals surface area contributed by atoms with Crippen molar-refractivity contribution in [1.82, 2.24) is 39.5 Å². The van der Waals surface area contributed by atoms with E-state index in [1.54, 1.807) is 6.33 Å². The van der Waals surface area contributed by atoms with Gasteiger partial charge >= 0.3 is 0 Å². The molecular formula is C25H25Br2N9. The van der Waals surface area contributed by atoms with E-state index >= 15 is 0 Å². The number of halogens is 2. The van der Waals surface area contributed by atoms with E-state index in [1.165, 1.54) is 5.56 Å². The fourth-order valence-corrected chi connectivity index (χ4v) is 6.77. The van der Waals surface area contributed by atoms with E-state index in [9.17, 15) is 5.26 Å². The van der Waals surface area contributed by atoms with Crippen LogP contribution in [0.4, 0.5) is 0 Å². The average Bonchev–Trinajstić information content (AvgIpc) is 3.51. The van der Waals surface area contributed by atoms with Crippen LogP contribution in [-0.4, -0.2) is 71.7 Å². The Morgan fingerprint density at radius 1 is 1.14 bits per heavy atom. The molecule has 2 saturated heterocycles. The normalized spacial score (nSPS) is 18.8. The van der Waals surface area contributed by atoms with Crippen LogP contribution in [0.5, 0.6) is 0 Å². The number of hydrogen-bond donors (Lipinski definition) is 1. The Balaban J connectivity index is 1.11. The summed E-state index contributed by atoms with van der Waals surface area (Å²) in [5, 5.41) is 15.3. The van der Waals surface area contributed by atoms with Gasteiger partial charge in [-0.05, 0) is 81.6 Å². The molecule has 2 fully saturated rings. The van der Waals surface area contributed by atoms with E-state index in [-0.39, 0.29) is 5.54 Å². The molecule has 36 heavy (non-hydrogen) atoms. The fraction of sp³-hybridized carbons (Fsp3) is 0.400. The van der Waals surface area contributed by atoms with Gasteiger partial charge in [-0.2, -0.15) is 10.4 Å². The summed E-state index contributed by atoms with van der Waals surface area (Å²) in [5.74, 6) is 0. The molecule has 0 aromatic carbocycles. The minimum atomic E-state index is -0.288. The predicted molar refractivity (Wildman–Crippen MR) is 143 cm³/mol. The summed E-state index contributed by atoms with van der Waals surface area (Å²) in [7, 11) is 0. The van der Waals surface area contributed by atoms with E-state index < -0.39 is 0 Å². The van der Waals surface area contributed by atoms with Gasteiger partial charge in [-0.15, -0.1) is 0 Å². The number of nitrogens with one attached hydrogen (secondary N) is 1. The van der Waals surface area contributed by atoms with Gasteiger partial charge < -0.3 is 4.98 Å². The van der Waals surface area contributed by atoms with Gasteiger partial charge in [-0.25, -0.2) is 15.0 Å². The number of likely N-dealkylation sites (tertiary alicyclic amines) is 2. The molecule has 0 saturated carbocycles. The number of aromatic nitrogens is 6. The van der Waals surface area contributed by atoms with Gasteiger partial charge in [-0.1, -0.05) is 0 Å². The Morgan fingerprint density at radius 3 is 2.67 bits per heavy atom. The van der Waals surface area contributed by atoms with E-state index in [0.717, 1.165) is 77.1 Å². The number of aromatic amines is 1. The molecule has 2 aliphatic rings. The van der Waals surface area contributed by atoms with Crippen LogP contribution in [0.3, 0.4) is 0 Å². The van der Waals surface area contributed by atoms with Crippen molar-refractivity contribution >= 4 is 42.9 Å². The number of pyridine rings is 1. The van der Waals surface area contributed by atoms with Crippen LogP contribution in [0.15, 0.2) is 52.3 Å². The standard InChI is InChI=1S/C25H25Br2N9/c26-21-9-17(10-22(27)33-21)12-34-7-2-19(3-8-34)35-14-25(15-35,4-5-28)36-13-18(11-32-36)23-20-1-6-29-24(20)31-16-30-23/h1,6,9-11,13,16,19H,2-4,7-8,12,14-15H2,(H,29,30,31). The predicted octanol–water partition coefficient (Wildman–Crippen LogP) is 4.33. The third-order valence-electron chi connectivity index (χ3n) is 7.40. The van der Waals surface area contributed by atoms with E-state index in [0.29, 0.717) is 12.5 Å². The molecule has 2 aliphatic heterocycles. The molecular weight excluding hydrogens is 586 g/mol. The van der Waals surface area contributed by atoms with Crippen molar-refractivity contribution in [2.45, 2.75) is 37.4 Å². The van der Waals surface area contributed by atoms with Gasteiger partial charge in [0, 0.05) is 49.0 Å². The summed E-state index contributed by atoms with van der Waals surface area (Å²) in [4.78, 5) is 21.3. The molecule has 0 spiro atoms. The van der Waals surface area contributed by atoms with E-state index in [2.05, 4.69) is 79.8 Å². The Labute approximate surface area is 225 Å². The molecule has 0 amide bonds. The van der Waals surface area contributed by atoms with Crippen LogP contribution in [0.25, 0.3) is 22.3 Å². The molecule has 4 aromatic heterocycles. The summed E-state index contributed by atoms with van der Waals surface area (Å²) in [6, 6.07) is 9.11. The third-order valence-corrected chi connectivity index (χ3v) is 8.21. The number of piperidine rings is 1. The zero-order valence-electron chi connectivity index (χ0n) is 19.6. The minimum absolute atomic E-state index is 0.288. The molecule has 6 heterocycles. The van der Waals surface area contributed by atoms with Gasteiger partial charge in [-0.3, -0.25) is 14.5 Å². The lowest BCUT2D eigenvalue weighted by Crippen LogP contribution is -2.66. The fourth-order valence-electron chi connectivity index (χ4n) is 5.57. The van der Waals surface area contributed by atoms with Gasteiger partial charge in [0.15, 0.2) is 0 Å². The highest BCUT2D eigenvalue weighted by Gasteiger charge is 2.48. The van der Waals surface area contributed by atoms with Crippen molar-refractivity contribution in [2.75, 3.05) is 26.2 Å². The lowest BCUT2D eigenvalue weighted by molar-refractivity contribution is -0.0436. The first kappa shape index (κ1) is 23.7. The highest BCUT2D eigenvalue weighted by atomic mass is 79.9. The molecule has 9 nitrogen and oxygen atoms in total. The van der Waals surface area contributed by atoms with Gasteiger partial charge in [0.05, 0.1) is 24.4 Å². The zero-order chi connectivity index (χ0) is 24.7. The number of fused-ring (bicyclic) bond motifs is 1. The molecule has 0 aliphatic carbocycles. The first-order chi connectivity index (χ1) is 17.5. The summed E-state index contributed by atoms with van der Waals surface area (Å²) >= 11 is 6.97. The second-order valence-corrected chi connectivity index (χ2v) is 11.4. The second kappa shape index (κ2) is 9.67. The molecule has 1 N–H and O–H groups in total. The Kier molecular flexibility index (Phi) is 6.37. The molecule has 0 unspecified atom stereocenters. The highest BCUT2D eigenvalue weighted by molar-refractivity contribution is 9.11. The topological polar surface area (TPSA) is 103 Å². The average molecular weight is 611 g/mol. The number of H-pyrrole nitrogens is 1. The number of nitrogens with zero attached hydrogens (tertiary/aromatic N) is 8. The van der Waals surface area contributed by atoms with Crippen molar-refractivity contribution in [3.8, 4) is 17.3 Å². The molecule has 0 radical (unpaired) electrons. The van der Waals surface area contributed by atoms with Crippen LogP contribution in [0.1, 0.15) is 24.8 Å². The minimum Gasteiger partial charge on any atom is -0.346 e. The van der Waals surface area contributed by atoms with Crippen molar-refractivity contribution in [3.05, 3.63) is 57.9 Å². The van der Waals surface area contributed by atoms with Crippen LogP contribution in [0.2, 0.25) is 0 Å². The molecule has 6 rings (SSSR count). The monoisotopic (exact) mass is 609 g/mol. The Hall–Kier alpha value is -2.65. The van der Waals surface area contributed by atoms with E-state index in [1.807, 2.05) is 29.3 Å². The smallest absolute Gasteiger partial charge is 0.141 e. The molecule has 4 aromatic rings. The quantitative estimate of drug-likeness (QED) is 0.324. The van der Waals surface area contributed by atoms with Crippen LogP contribution in [0, 0.1) is 11.3 Å². The number of nitriles is 1. The first-order valence-corrected chi connectivity index (χ1v) is 13.6. The molecule has 0 atom stereocenters. The maximum atomic E-state index is 9.62. The molecule has 0 bridgehead atoms. The lowest BCUT2D eigenvalue weighted by atomic mass is 9.83. The van der Waals surface area contributed by atoms with Crippen molar-refractivity contribution in [3.63, 3.8) is 0 Å². The van der Waals surface area contributed by atoms with Crippen LogP contribution < -0.4 is 0 Å². The first-order valence-electron chi connectivity index (χ1n) is 12.0. The van der Waals surface area contributed by atoms with Crippen LogP contribution in [-0.2, 0) is 12.1 Å². The van der Waals surface area contributed by atoms with Gasteiger partial charge in [0.25, 0.3) is 0 Å². The summed E-state index contributed by atoms with van der Waals surface area (Å²) in [6.07, 6.45) is 10.0. The van der Waals surface area contributed by atoms with E-state index in [4.69, 9.17) is 5.10 Å². The van der Waals surface area contributed by atoms with Crippen molar-refractivity contribution in [1.29, 1.82) is 5.26 Å². The van der Waals surface area contributed by atoms with Crippen LogP contribution >= 0.6 is 31.9 Å². The maximum absolute atomic E-state index is 9.62. The van der Waals surface area contributed by atoms with Gasteiger partial charge in [0.2, 0.25) is 0 Å². The number of hydrogen-bond acceptors (Lipinski definition) is 7. The van der Waals surface area contributed by atoms with Gasteiger partial charge in [0.1, 0.15) is 26.7 Å². The largest absolute Gasteiger partial charge is 0.346 e. The molecule has 11 heteroatoms. The third kappa shape index (κ3) is 4.47. The number of rotatable bonds is 6. The Bertz CT molecular complexity index is 1400.